The van der Waals surface area contributed by atoms with E-state index >= 15 is 0 Å². The van der Waals surface area contributed by atoms with Crippen molar-refractivity contribution in [2.75, 3.05) is 6.61 Å². The number of fused-ring (bicyclic) bond motifs is 1. The highest BCUT2D eigenvalue weighted by Crippen LogP contribution is 2.37. The van der Waals surface area contributed by atoms with E-state index < -0.39 is 17.3 Å². The van der Waals surface area contributed by atoms with Gasteiger partial charge in [0, 0.05) is 15.1 Å². The summed E-state index contributed by atoms with van der Waals surface area (Å²) < 4.78 is 39.0. The maximum atomic E-state index is 12.8. The molecule has 0 fully saturated rings. The Balaban J connectivity index is 0.00000264. The fourth-order valence-corrected chi connectivity index (χ4v) is 3.66. The van der Waals surface area contributed by atoms with Gasteiger partial charge in [0.15, 0.2) is 0 Å². The number of aliphatic hydroxyl groups excluding tert-OH is 1. The Morgan fingerprint density at radius 1 is 1.26 bits per heavy atom. The van der Waals surface area contributed by atoms with Gasteiger partial charge in [0.25, 0.3) is 0 Å². The van der Waals surface area contributed by atoms with Gasteiger partial charge in [0.2, 0.25) is 0 Å². The van der Waals surface area contributed by atoms with E-state index in [1.54, 1.807) is 13.0 Å². The second-order valence-electron chi connectivity index (χ2n) is 6.01. The molecule has 0 bridgehead atoms. The highest BCUT2D eigenvalue weighted by Gasteiger charge is 2.30. The second-order valence-corrected chi connectivity index (χ2v) is 7.27. The number of aryl methyl sites for hydroxylation is 2. The third-order valence-corrected chi connectivity index (χ3v) is 4.97. The molecule has 1 aromatic carbocycles. The monoisotopic (exact) mass is 367 g/mol. The number of hydrogen-bond acceptors (Lipinski definition) is 3. The summed E-state index contributed by atoms with van der Waals surface area (Å²) in [6, 6.07) is 3.92. The van der Waals surface area contributed by atoms with Gasteiger partial charge in [0.1, 0.15) is 0 Å². The molecular formula is C16H21ClF3NOS. The van der Waals surface area contributed by atoms with Gasteiger partial charge < -0.3 is 10.8 Å². The van der Waals surface area contributed by atoms with Crippen molar-refractivity contribution in [2.45, 2.75) is 44.8 Å². The largest absolute Gasteiger partial charge is 0.416 e. The molecule has 0 unspecified atom stereocenters. The van der Waals surface area contributed by atoms with Crippen LogP contribution >= 0.6 is 23.7 Å². The average molecular weight is 368 g/mol. The van der Waals surface area contributed by atoms with Gasteiger partial charge in [-0.25, -0.2) is 0 Å². The normalized spacial score (nSPS) is 14.6. The van der Waals surface area contributed by atoms with Crippen LogP contribution in [-0.4, -0.2) is 17.3 Å². The summed E-state index contributed by atoms with van der Waals surface area (Å²) >= 11 is 1.39. The fraction of sp³-hybridized carbons (Fsp3) is 0.500. The predicted octanol–water partition coefficient (Wildman–Crippen LogP) is 4.68. The highest BCUT2D eigenvalue weighted by atomic mass is 35.5. The number of halogens is 4. The number of benzene rings is 1. The van der Waals surface area contributed by atoms with Crippen LogP contribution in [0.5, 0.6) is 0 Å². The summed E-state index contributed by atoms with van der Waals surface area (Å²) in [6.45, 7) is 3.65. The molecule has 7 heteroatoms. The van der Waals surface area contributed by atoms with E-state index in [-0.39, 0.29) is 19.0 Å². The van der Waals surface area contributed by atoms with Gasteiger partial charge in [-0.2, -0.15) is 13.2 Å². The molecule has 0 aliphatic heterocycles. The first-order valence-corrected chi connectivity index (χ1v) is 7.95. The van der Waals surface area contributed by atoms with Crippen LogP contribution in [0.2, 0.25) is 0 Å². The van der Waals surface area contributed by atoms with Crippen LogP contribution in [-0.2, 0) is 12.6 Å². The number of nitrogens with two attached hydrogens (primary N) is 1. The molecule has 1 atom stereocenters. The molecule has 0 amide bonds. The van der Waals surface area contributed by atoms with Gasteiger partial charge in [0.05, 0.1) is 12.2 Å². The maximum Gasteiger partial charge on any atom is 0.416 e. The summed E-state index contributed by atoms with van der Waals surface area (Å²) in [4.78, 5) is 1.04. The van der Waals surface area contributed by atoms with Crippen LogP contribution in [0.4, 0.5) is 13.2 Å². The van der Waals surface area contributed by atoms with Crippen molar-refractivity contribution in [3.63, 3.8) is 0 Å². The Morgan fingerprint density at radius 2 is 1.91 bits per heavy atom. The summed E-state index contributed by atoms with van der Waals surface area (Å²) in [5.41, 5.74) is 5.77. The van der Waals surface area contributed by atoms with Crippen molar-refractivity contribution in [2.24, 2.45) is 5.73 Å². The van der Waals surface area contributed by atoms with Gasteiger partial charge in [-0.1, -0.05) is 6.07 Å². The van der Waals surface area contributed by atoms with E-state index in [0.717, 1.165) is 34.7 Å². The standard InChI is InChI=1S/C16H20F3NOS.ClH/c1-10-12(4-3-7-15(2,20)9-21)13-6-5-11(16(17,18)19)8-14(13)22-10;/h5-6,8,21H,3-4,7,9,20H2,1-2H3;1H/t15-;/m0./s1. The lowest BCUT2D eigenvalue weighted by Gasteiger charge is -2.21. The second kappa shape index (κ2) is 7.38. The SMILES string of the molecule is Cc1sc2cc(C(F)(F)F)ccc2c1CCC[C@](C)(N)CO.Cl. The van der Waals surface area contributed by atoms with Gasteiger partial charge in [-0.15, -0.1) is 23.7 Å². The maximum absolute atomic E-state index is 12.8. The smallest absolute Gasteiger partial charge is 0.394 e. The van der Waals surface area contributed by atoms with E-state index in [2.05, 4.69) is 0 Å². The van der Waals surface area contributed by atoms with Crippen molar-refractivity contribution in [1.29, 1.82) is 0 Å². The van der Waals surface area contributed by atoms with Crippen LogP contribution in [0, 0.1) is 6.92 Å². The minimum absolute atomic E-state index is 0. The van der Waals surface area contributed by atoms with Crippen LogP contribution in [0.15, 0.2) is 18.2 Å². The van der Waals surface area contributed by atoms with E-state index in [9.17, 15) is 13.2 Å². The molecule has 1 aromatic heterocycles. The molecule has 0 radical (unpaired) electrons. The molecule has 0 saturated carbocycles. The molecule has 0 aliphatic rings. The van der Waals surface area contributed by atoms with Crippen molar-refractivity contribution in [3.8, 4) is 0 Å². The van der Waals surface area contributed by atoms with E-state index in [4.69, 9.17) is 10.8 Å². The molecule has 2 rings (SSSR count). The third kappa shape index (κ3) is 4.83. The van der Waals surface area contributed by atoms with Crippen LogP contribution in [0.25, 0.3) is 10.1 Å². The summed E-state index contributed by atoms with van der Waals surface area (Å²) in [6.07, 6.45) is -2.10. The molecule has 1 heterocycles. The minimum atomic E-state index is -4.31. The lowest BCUT2D eigenvalue weighted by molar-refractivity contribution is -0.137. The zero-order valence-corrected chi connectivity index (χ0v) is 14.7. The highest BCUT2D eigenvalue weighted by molar-refractivity contribution is 7.19. The van der Waals surface area contributed by atoms with Gasteiger partial charge in [-0.05, 0) is 56.2 Å². The van der Waals surface area contributed by atoms with Crippen LogP contribution < -0.4 is 5.73 Å². The van der Waals surface area contributed by atoms with Gasteiger partial charge >= 0.3 is 6.18 Å². The molecule has 0 saturated heterocycles. The molecular weight excluding hydrogens is 347 g/mol. The first kappa shape index (κ1) is 20.2. The van der Waals surface area contributed by atoms with E-state index in [1.165, 1.54) is 17.4 Å². The Morgan fingerprint density at radius 3 is 2.48 bits per heavy atom. The first-order chi connectivity index (χ1) is 10.1. The third-order valence-electron chi connectivity index (χ3n) is 3.86. The van der Waals surface area contributed by atoms with E-state index in [1.807, 2.05) is 6.92 Å². The quantitative estimate of drug-likeness (QED) is 0.805. The summed E-state index contributed by atoms with van der Waals surface area (Å²) in [7, 11) is 0. The number of aliphatic hydroxyl groups is 1. The zero-order valence-electron chi connectivity index (χ0n) is 13.0. The fourth-order valence-electron chi connectivity index (χ4n) is 2.51. The molecule has 3 N–H and O–H groups in total. The number of alkyl halides is 3. The van der Waals surface area contributed by atoms with E-state index in [0.29, 0.717) is 11.1 Å². The Bertz CT molecular complexity index is 667. The Labute approximate surface area is 143 Å². The van der Waals surface area contributed by atoms with Crippen molar-refractivity contribution >= 4 is 33.8 Å². The Kier molecular flexibility index (Phi) is 6.49. The van der Waals surface area contributed by atoms with Crippen LogP contribution in [0.3, 0.4) is 0 Å². The molecule has 0 aliphatic carbocycles. The lowest BCUT2D eigenvalue weighted by atomic mass is 9.94. The number of hydrogen-bond donors (Lipinski definition) is 2. The average Bonchev–Trinajstić information content (AvgIpc) is 2.73. The lowest BCUT2D eigenvalue weighted by Crippen LogP contribution is -2.40. The minimum Gasteiger partial charge on any atom is -0.394 e. The summed E-state index contributed by atoms with van der Waals surface area (Å²) in [5.74, 6) is 0. The number of rotatable bonds is 5. The number of thiophene rings is 1. The van der Waals surface area contributed by atoms with Crippen molar-refractivity contribution in [3.05, 3.63) is 34.2 Å². The molecule has 130 valence electrons. The predicted molar refractivity (Wildman–Crippen MR) is 91.4 cm³/mol. The zero-order chi connectivity index (χ0) is 16.5. The summed E-state index contributed by atoms with van der Waals surface area (Å²) in [5, 5.41) is 10.0. The van der Waals surface area contributed by atoms with Gasteiger partial charge in [-0.3, -0.25) is 0 Å². The molecule has 23 heavy (non-hydrogen) atoms. The van der Waals surface area contributed by atoms with Crippen molar-refractivity contribution < 1.29 is 18.3 Å². The Hall–Kier alpha value is -0.820. The van der Waals surface area contributed by atoms with Crippen LogP contribution in [0.1, 0.15) is 35.8 Å². The molecule has 0 spiro atoms. The first-order valence-electron chi connectivity index (χ1n) is 7.13. The molecule has 2 aromatic rings. The topological polar surface area (TPSA) is 46.2 Å². The molecule has 2 nitrogen and oxygen atoms in total. The van der Waals surface area contributed by atoms with Crippen molar-refractivity contribution in [1.82, 2.24) is 0 Å².